The molecule has 2 amide bonds. The number of amides is 2. The first-order chi connectivity index (χ1) is 11.7. The molecule has 1 aliphatic rings. The Morgan fingerprint density at radius 3 is 2.71 bits per heavy atom. The van der Waals surface area contributed by atoms with Gasteiger partial charge in [0.1, 0.15) is 6.61 Å². The lowest BCUT2D eigenvalue weighted by Gasteiger charge is -2.26. The number of carbonyl (C=O) groups excluding carboxylic acids is 1. The predicted molar refractivity (Wildman–Crippen MR) is 93.5 cm³/mol. The molecule has 0 aliphatic carbocycles. The summed E-state index contributed by atoms with van der Waals surface area (Å²) in [4.78, 5) is 18.0. The van der Waals surface area contributed by atoms with Crippen LogP contribution >= 0.6 is 0 Å². The Kier molecular flexibility index (Phi) is 5.43. The normalized spacial score (nSPS) is 15.1. The molecular formula is C17H19N3O3S. The summed E-state index contributed by atoms with van der Waals surface area (Å²) in [6.45, 7) is 1.45. The number of rotatable bonds is 4. The molecule has 1 saturated heterocycles. The maximum Gasteiger partial charge on any atom is 0.321 e. The number of hydrogen-bond acceptors (Lipinski definition) is 4. The number of pyridine rings is 1. The van der Waals surface area contributed by atoms with Crippen molar-refractivity contribution in [3.63, 3.8) is 0 Å². The Bertz CT molecular complexity index is 714. The summed E-state index contributed by atoms with van der Waals surface area (Å²) in [6, 6.07) is 13.0. The Balaban J connectivity index is 1.56. The van der Waals surface area contributed by atoms with Crippen molar-refractivity contribution in [3.8, 4) is 5.88 Å². The molecule has 1 aromatic carbocycles. The van der Waals surface area contributed by atoms with Crippen molar-refractivity contribution < 1.29 is 13.7 Å². The van der Waals surface area contributed by atoms with Crippen molar-refractivity contribution in [2.45, 2.75) is 6.61 Å². The molecule has 6 nitrogen and oxygen atoms in total. The third kappa shape index (κ3) is 4.55. The van der Waals surface area contributed by atoms with Crippen LogP contribution in [0, 0.1) is 0 Å². The first-order valence-electron chi connectivity index (χ1n) is 7.74. The number of nitrogens with one attached hydrogen (secondary N) is 1. The predicted octanol–water partition coefficient (Wildman–Crippen LogP) is 2.26. The molecule has 1 aliphatic heterocycles. The van der Waals surface area contributed by atoms with Gasteiger partial charge >= 0.3 is 6.03 Å². The molecule has 0 bridgehead atoms. The quantitative estimate of drug-likeness (QED) is 0.923. The number of aromatic nitrogens is 1. The molecule has 0 unspecified atom stereocenters. The van der Waals surface area contributed by atoms with Gasteiger partial charge < -0.3 is 15.0 Å². The van der Waals surface area contributed by atoms with Crippen LogP contribution < -0.4 is 10.1 Å². The smallest absolute Gasteiger partial charge is 0.321 e. The van der Waals surface area contributed by atoms with E-state index >= 15 is 0 Å². The van der Waals surface area contributed by atoms with Gasteiger partial charge in [0.15, 0.2) is 0 Å². The summed E-state index contributed by atoms with van der Waals surface area (Å²) in [5, 5.41) is 2.83. The minimum atomic E-state index is -0.800. The molecular weight excluding hydrogens is 326 g/mol. The topological polar surface area (TPSA) is 71.5 Å². The molecule has 2 heterocycles. The Labute approximate surface area is 143 Å². The first kappa shape index (κ1) is 16.4. The molecule has 24 heavy (non-hydrogen) atoms. The molecule has 0 atom stereocenters. The summed E-state index contributed by atoms with van der Waals surface area (Å²) in [5.74, 6) is 1.53. The largest absolute Gasteiger partial charge is 0.473 e. The van der Waals surface area contributed by atoms with Gasteiger partial charge in [0, 0.05) is 53.3 Å². The highest BCUT2D eigenvalue weighted by atomic mass is 32.2. The highest BCUT2D eigenvalue weighted by molar-refractivity contribution is 7.85. The number of hydrogen-bond donors (Lipinski definition) is 1. The van der Waals surface area contributed by atoms with Crippen LogP contribution in [0.25, 0.3) is 0 Å². The summed E-state index contributed by atoms with van der Waals surface area (Å²) in [7, 11) is -0.800. The third-order valence-electron chi connectivity index (χ3n) is 3.68. The zero-order valence-electron chi connectivity index (χ0n) is 13.2. The number of anilines is 1. The molecule has 3 rings (SSSR count). The maximum atomic E-state index is 12.2. The fourth-order valence-corrected chi connectivity index (χ4v) is 3.39. The lowest BCUT2D eigenvalue weighted by atomic mass is 10.2. The molecule has 1 fully saturated rings. The average Bonchev–Trinajstić information content (AvgIpc) is 2.62. The van der Waals surface area contributed by atoms with Crippen LogP contribution in [0.5, 0.6) is 5.88 Å². The van der Waals surface area contributed by atoms with Crippen LogP contribution in [0.15, 0.2) is 48.7 Å². The number of carbonyl (C=O) groups is 1. The van der Waals surface area contributed by atoms with Crippen LogP contribution in [0.2, 0.25) is 0 Å². The van der Waals surface area contributed by atoms with E-state index in [9.17, 15) is 9.00 Å². The van der Waals surface area contributed by atoms with Crippen LogP contribution in [-0.2, 0) is 17.4 Å². The van der Waals surface area contributed by atoms with E-state index in [0.29, 0.717) is 42.8 Å². The van der Waals surface area contributed by atoms with Crippen molar-refractivity contribution in [2.75, 3.05) is 29.9 Å². The molecule has 2 aromatic rings. The Morgan fingerprint density at radius 1 is 1.21 bits per heavy atom. The van der Waals surface area contributed by atoms with Crippen LogP contribution in [-0.4, -0.2) is 44.7 Å². The van der Waals surface area contributed by atoms with Gasteiger partial charge in [-0.05, 0) is 11.6 Å². The fourth-order valence-electron chi connectivity index (χ4n) is 2.34. The van der Waals surface area contributed by atoms with Crippen molar-refractivity contribution in [1.82, 2.24) is 9.88 Å². The van der Waals surface area contributed by atoms with E-state index in [4.69, 9.17) is 4.74 Å². The second-order valence-corrected chi connectivity index (χ2v) is 7.12. The van der Waals surface area contributed by atoms with Gasteiger partial charge in [0.25, 0.3) is 0 Å². The zero-order valence-corrected chi connectivity index (χ0v) is 14.0. The zero-order chi connectivity index (χ0) is 16.8. The van der Waals surface area contributed by atoms with Gasteiger partial charge in [-0.3, -0.25) is 4.21 Å². The van der Waals surface area contributed by atoms with Crippen molar-refractivity contribution in [1.29, 1.82) is 0 Å². The van der Waals surface area contributed by atoms with Crippen molar-refractivity contribution in [2.24, 2.45) is 0 Å². The minimum absolute atomic E-state index is 0.188. The minimum Gasteiger partial charge on any atom is -0.473 e. The number of benzene rings is 1. The molecule has 7 heteroatoms. The third-order valence-corrected chi connectivity index (χ3v) is 4.96. The number of nitrogens with zero attached hydrogens (tertiary/aromatic N) is 2. The number of ether oxygens (including phenoxy) is 1. The number of urea groups is 1. The average molecular weight is 345 g/mol. The molecule has 0 saturated carbocycles. The molecule has 126 valence electrons. The van der Waals surface area contributed by atoms with Crippen LogP contribution in [0.3, 0.4) is 0 Å². The van der Waals surface area contributed by atoms with Crippen molar-refractivity contribution >= 4 is 22.5 Å². The van der Waals surface area contributed by atoms with E-state index in [2.05, 4.69) is 10.3 Å². The lowest BCUT2D eigenvalue weighted by Crippen LogP contribution is -2.43. The Morgan fingerprint density at radius 2 is 1.96 bits per heavy atom. The van der Waals surface area contributed by atoms with E-state index in [1.807, 2.05) is 30.3 Å². The second-order valence-electron chi connectivity index (χ2n) is 5.42. The SMILES string of the molecule is O=C(Nc1ccnc(OCc2ccccc2)c1)N1CCS(=O)CC1. The van der Waals surface area contributed by atoms with Gasteiger partial charge in [-0.15, -0.1) is 0 Å². The van der Waals surface area contributed by atoms with E-state index in [1.165, 1.54) is 0 Å². The van der Waals surface area contributed by atoms with E-state index < -0.39 is 10.8 Å². The van der Waals surface area contributed by atoms with Gasteiger partial charge in [0.05, 0.1) is 0 Å². The molecule has 1 N–H and O–H groups in total. The van der Waals surface area contributed by atoms with Crippen LogP contribution in [0.1, 0.15) is 5.56 Å². The lowest BCUT2D eigenvalue weighted by molar-refractivity contribution is 0.216. The highest BCUT2D eigenvalue weighted by Crippen LogP contribution is 2.16. The Hall–Kier alpha value is -2.41. The second kappa shape index (κ2) is 7.92. The summed E-state index contributed by atoms with van der Waals surface area (Å²) in [5.41, 5.74) is 1.68. The summed E-state index contributed by atoms with van der Waals surface area (Å²) < 4.78 is 17.0. The summed E-state index contributed by atoms with van der Waals surface area (Å²) in [6.07, 6.45) is 1.60. The maximum absolute atomic E-state index is 12.2. The molecule has 0 radical (unpaired) electrons. The van der Waals surface area contributed by atoms with Gasteiger partial charge in [0.2, 0.25) is 5.88 Å². The van der Waals surface area contributed by atoms with E-state index in [-0.39, 0.29) is 6.03 Å². The van der Waals surface area contributed by atoms with E-state index in [1.54, 1.807) is 23.2 Å². The monoisotopic (exact) mass is 345 g/mol. The molecule has 1 aromatic heterocycles. The van der Waals surface area contributed by atoms with Gasteiger partial charge in [-0.25, -0.2) is 9.78 Å². The van der Waals surface area contributed by atoms with E-state index in [0.717, 1.165) is 5.56 Å². The van der Waals surface area contributed by atoms with Crippen molar-refractivity contribution in [3.05, 3.63) is 54.2 Å². The first-order valence-corrected chi connectivity index (χ1v) is 9.23. The van der Waals surface area contributed by atoms with Crippen LogP contribution in [0.4, 0.5) is 10.5 Å². The summed E-state index contributed by atoms with van der Waals surface area (Å²) >= 11 is 0. The van der Waals surface area contributed by atoms with Gasteiger partial charge in [-0.2, -0.15) is 0 Å². The standard InChI is InChI=1S/C17H19N3O3S/c21-17(20-8-10-24(22)11-9-20)19-15-6-7-18-16(12-15)23-13-14-4-2-1-3-5-14/h1-7,12H,8-11,13H2,(H,18,19,21). The highest BCUT2D eigenvalue weighted by Gasteiger charge is 2.20. The molecule has 0 spiro atoms. The fraction of sp³-hybridized carbons (Fsp3) is 0.294. The van der Waals surface area contributed by atoms with Gasteiger partial charge in [-0.1, -0.05) is 30.3 Å².